The van der Waals surface area contributed by atoms with Crippen molar-refractivity contribution in [1.82, 2.24) is 0 Å². The minimum absolute atomic E-state index is 0.144. The van der Waals surface area contributed by atoms with E-state index in [-0.39, 0.29) is 5.41 Å². The van der Waals surface area contributed by atoms with Crippen LogP contribution in [0.2, 0.25) is 0 Å². The summed E-state index contributed by atoms with van der Waals surface area (Å²) < 4.78 is 4.75. The lowest BCUT2D eigenvalue weighted by Gasteiger charge is -2.23. The van der Waals surface area contributed by atoms with E-state index >= 15 is 0 Å². The van der Waals surface area contributed by atoms with E-state index in [1.165, 1.54) is 5.56 Å². The van der Waals surface area contributed by atoms with E-state index in [2.05, 4.69) is 20.8 Å². The molecule has 1 rings (SSSR count). The van der Waals surface area contributed by atoms with Crippen molar-refractivity contribution in [1.29, 1.82) is 0 Å². The number of amides is 1. The summed E-state index contributed by atoms with van der Waals surface area (Å²) >= 11 is 0. The van der Waals surface area contributed by atoms with Crippen molar-refractivity contribution >= 4 is 6.09 Å². The maximum absolute atomic E-state index is 10.5. The lowest BCUT2D eigenvalue weighted by molar-refractivity contribution is 0.211. The fraction of sp³-hybridized carbons (Fsp3) is 0.417. The molecule has 0 aliphatic heterocycles. The standard InChI is InChI=1S/C12H17NO2/c1-4-12(2,3)9-5-7-10(8-6-9)15-11(13)14/h5-8H,4H2,1-3H3,(H2,13,14). The molecule has 3 nitrogen and oxygen atoms in total. The van der Waals surface area contributed by atoms with Gasteiger partial charge in [0.05, 0.1) is 0 Å². The molecule has 0 unspecified atom stereocenters. The van der Waals surface area contributed by atoms with Gasteiger partial charge in [0.15, 0.2) is 0 Å². The quantitative estimate of drug-likeness (QED) is 0.828. The third-order valence-electron chi connectivity index (χ3n) is 2.74. The van der Waals surface area contributed by atoms with Gasteiger partial charge in [-0.15, -0.1) is 0 Å². The Morgan fingerprint density at radius 3 is 2.27 bits per heavy atom. The minimum Gasteiger partial charge on any atom is -0.411 e. The molecular formula is C12H17NO2. The first kappa shape index (κ1) is 11.6. The molecule has 0 spiro atoms. The second kappa shape index (κ2) is 4.34. The lowest BCUT2D eigenvalue weighted by Crippen LogP contribution is -2.17. The molecule has 1 amide bonds. The van der Waals surface area contributed by atoms with Crippen molar-refractivity contribution in [2.24, 2.45) is 5.73 Å². The minimum atomic E-state index is -0.780. The molecular weight excluding hydrogens is 190 g/mol. The number of nitrogens with two attached hydrogens (primary N) is 1. The zero-order valence-corrected chi connectivity index (χ0v) is 9.41. The van der Waals surface area contributed by atoms with Crippen LogP contribution in [0.3, 0.4) is 0 Å². The largest absolute Gasteiger partial charge is 0.411 e. The zero-order valence-electron chi connectivity index (χ0n) is 9.41. The molecule has 0 aromatic heterocycles. The lowest BCUT2D eigenvalue weighted by atomic mass is 9.82. The second-order valence-electron chi connectivity index (χ2n) is 4.18. The van der Waals surface area contributed by atoms with Crippen molar-refractivity contribution in [3.05, 3.63) is 29.8 Å². The first-order valence-corrected chi connectivity index (χ1v) is 5.03. The third kappa shape index (κ3) is 2.98. The summed E-state index contributed by atoms with van der Waals surface area (Å²) in [4.78, 5) is 10.5. The molecule has 82 valence electrons. The number of rotatable bonds is 3. The van der Waals surface area contributed by atoms with E-state index in [4.69, 9.17) is 10.5 Å². The molecule has 0 bridgehead atoms. The van der Waals surface area contributed by atoms with Crippen molar-refractivity contribution in [3.63, 3.8) is 0 Å². The van der Waals surface area contributed by atoms with Crippen LogP contribution in [0, 0.1) is 0 Å². The molecule has 0 saturated heterocycles. The van der Waals surface area contributed by atoms with Crippen LogP contribution in [0.4, 0.5) is 4.79 Å². The molecule has 0 radical (unpaired) electrons. The van der Waals surface area contributed by atoms with Gasteiger partial charge in [-0.25, -0.2) is 4.79 Å². The summed E-state index contributed by atoms with van der Waals surface area (Å²) in [5.41, 5.74) is 6.28. The van der Waals surface area contributed by atoms with E-state index in [0.717, 1.165) is 6.42 Å². The van der Waals surface area contributed by atoms with Crippen molar-refractivity contribution in [2.45, 2.75) is 32.6 Å². The SMILES string of the molecule is CCC(C)(C)c1ccc(OC(N)=O)cc1. The number of ether oxygens (including phenoxy) is 1. The third-order valence-corrected chi connectivity index (χ3v) is 2.74. The normalized spacial score (nSPS) is 11.1. The van der Waals surface area contributed by atoms with Gasteiger partial charge in [-0.1, -0.05) is 32.9 Å². The van der Waals surface area contributed by atoms with Crippen molar-refractivity contribution in [3.8, 4) is 5.75 Å². The smallest absolute Gasteiger partial charge is 0.409 e. The molecule has 0 heterocycles. The summed E-state index contributed by atoms with van der Waals surface area (Å²) in [6, 6.07) is 7.44. The molecule has 0 atom stereocenters. The Labute approximate surface area is 90.2 Å². The molecule has 15 heavy (non-hydrogen) atoms. The molecule has 0 aliphatic carbocycles. The average molecular weight is 207 g/mol. The van der Waals surface area contributed by atoms with Crippen molar-refractivity contribution < 1.29 is 9.53 Å². The number of primary amides is 1. The predicted octanol–water partition coefficient (Wildman–Crippen LogP) is 2.83. The first-order chi connectivity index (χ1) is 6.95. The van der Waals surface area contributed by atoms with Crippen LogP contribution >= 0.6 is 0 Å². The van der Waals surface area contributed by atoms with Crippen LogP contribution < -0.4 is 10.5 Å². The van der Waals surface area contributed by atoms with Gasteiger partial charge in [-0.05, 0) is 29.5 Å². The Morgan fingerprint density at radius 2 is 1.87 bits per heavy atom. The summed E-state index contributed by atoms with van der Waals surface area (Å²) in [7, 11) is 0. The number of carbonyl (C=O) groups excluding carboxylic acids is 1. The van der Waals surface area contributed by atoms with Crippen LogP contribution in [0.15, 0.2) is 24.3 Å². The Bertz CT molecular complexity index is 341. The monoisotopic (exact) mass is 207 g/mol. The topological polar surface area (TPSA) is 52.3 Å². The fourth-order valence-electron chi connectivity index (χ4n) is 1.29. The van der Waals surface area contributed by atoms with Gasteiger partial charge in [-0.3, -0.25) is 0 Å². The van der Waals surface area contributed by atoms with Gasteiger partial charge >= 0.3 is 6.09 Å². The summed E-state index contributed by atoms with van der Waals surface area (Å²) in [6.07, 6.45) is 0.278. The highest BCUT2D eigenvalue weighted by Crippen LogP contribution is 2.27. The maximum atomic E-state index is 10.5. The average Bonchev–Trinajstić information content (AvgIpc) is 2.18. The first-order valence-electron chi connectivity index (χ1n) is 5.03. The molecule has 2 N–H and O–H groups in total. The van der Waals surface area contributed by atoms with Crippen molar-refractivity contribution in [2.75, 3.05) is 0 Å². The Kier molecular flexibility index (Phi) is 3.35. The fourth-order valence-corrected chi connectivity index (χ4v) is 1.29. The predicted molar refractivity (Wildman–Crippen MR) is 60.0 cm³/mol. The maximum Gasteiger partial charge on any atom is 0.409 e. The van der Waals surface area contributed by atoms with Crippen LogP contribution in [0.1, 0.15) is 32.8 Å². The second-order valence-corrected chi connectivity index (χ2v) is 4.18. The molecule has 0 saturated carbocycles. The zero-order chi connectivity index (χ0) is 11.5. The van der Waals surface area contributed by atoms with Crippen LogP contribution in [0.5, 0.6) is 5.75 Å². The van der Waals surface area contributed by atoms with E-state index in [0.29, 0.717) is 5.75 Å². The van der Waals surface area contributed by atoms with Gasteiger partial charge in [0.2, 0.25) is 0 Å². The molecule has 0 fully saturated rings. The van der Waals surface area contributed by atoms with Gasteiger partial charge < -0.3 is 10.5 Å². The highest BCUT2D eigenvalue weighted by atomic mass is 16.5. The van der Waals surface area contributed by atoms with Crippen LogP contribution in [-0.4, -0.2) is 6.09 Å². The Morgan fingerprint density at radius 1 is 1.33 bits per heavy atom. The Balaban J connectivity index is 2.85. The molecule has 1 aromatic rings. The number of hydrogen-bond donors (Lipinski definition) is 1. The van der Waals surface area contributed by atoms with Gasteiger partial charge in [0, 0.05) is 0 Å². The number of benzene rings is 1. The van der Waals surface area contributed by atoms with E-state index in [1.54, 1.807) is 12.1 Å². The number of carbonyl (C=O) groups is 1. The molecule has 3 heteroatoms. The van der Waals surface area contributed by atoms with E-state index in [1.807, 2.05) is 12.1 Å². The van der Waals surface area contributed by atoms with Crippen LogP contribution in [0.25, 0.3) is 0 Å². The highest BCUT2D eigenvalue weighted by molar-refractivity contribution is 5.68. The number of hydrogen-bond acceptors (Lipinski definition) is 2. The van der Waals surface area contributed by atoms with Gasteiger partial charge in [0.1, 0.15) is 5.75 Å². The van der Waals surface area contributed by atoms with E-state index < -0.39 is 6.09 Å². The van der Waals surface area contributed by atoms with Gasteiger partial charge in [-0.2, -0.15) is 0 Å². The summed E-state index contributed by atoms with van der Waals surface area (Å²) in [6.45, 7) is 6.50. The summed E-state index contributed by atoms with van der Waals surface area (Å²) in [5.74, 6) is 0.484. The van der Waals surface area contributed by atoms with Crippen LogP contribution in [-0.2, 0) is 5.41 Å². The Hall–Kier alpha value is -1.51. The van der Waals surface area contributed by atoms with Gasteiger partial charge in [0.25, 0.3) is 0 Å². The molecule has 0 aliphatic rings. The molecule has 1 aromatic carbocycles. The summed E-state index contributed by atoms with van der Waals surface area (Å²) in [5, 5.41) is 0. The highest BCUT2D eigenvalue weighted by Gasteiger charge is 2.17. The van der Waals surface area contributed by atoms with E-state index in [9.17, 15) is 4.79 Å².